The van der Waals surface area contributed by atoms with Crippen LogP contribution in [0.1, 0.15) is 12.5 Å². The average molecular weight is 243 g/mol. The molecule has 0 fully saturated rings. The summed E-state index contributed by atoms with van der Waals surface area (Å²) in [4.78, 5) is 10.7. The summed E-state index contributed by atoms with van der Waals surface area (Å²) in [6, 6.07) is 6.12. The third kappa shape index (κ3) is 3.04. The highest BCUT2D eigenvalue weighted by Crippen LogP contribution is 2.14. The van der Waals surface area contributed by atoms with Crippen LogP contribution in [0.2, 0.25) is 0 Å². The van der Waals surface area contributed by atoms with Gasteiger partial charge >= 0.3 is 0 Å². The zero-order chi connectivity index (χ0) is 12.3. The van der Waals surface area contributed by atoms with Crippen LogP contribution in [0, 0.1) is 6.92 Å². The number of carbonyl (C=O) groups is 1. The molecule has 1 aromatic carbocycles. The van der Waals surface area contributed by atoms with E-state index in [1.165, 1.54) is 19.1 Å². The van der Waals surface area contributed by atoms with Gasteiger partial charge in [-0.05, 0) is 26.0 Å². The van der Waals surface area contributed by atoms with Gasteiger partial charge in [0.2, 0.25) is 5.91 Å². The number of primary amides is 1. The van der Waals surface area contributed by atoms with Crippen LogP contribution in [0.3, 0.4) is 0 Å². The van der Waals surface area contributed by atoms with Gasteiger partial charge in [-0.2, -0.15) is 8.42 Å². The molecule has 6 heteroatoms. The molecule has 2 N–H and O–H groups in total. The zero-order valence-corrected chi connectivity index (χ0v) is 9.82. The first-order valence-corrected chi connectivity index (χ1v) is 6.03. The lowest BCUT2D eigenvalue weighted by Crippen LogP contribution is -2.30. The highest BCUT2D eigenvalue weighted by molar-refractivity contribution is 7.86. The van der Waals surface area contributed by atoms with E-state index in [1.54, 1.807) is 12.1 Å². The van der Waals surface area contributed by atoms with Crippen molar-refractivity contribution in [1.29, 1.82) is 0 Å². The summed E-state index contributed by atoms with van der Waals surface area (Å²) in [6.45, 7) is 3.12. The first-order chi connectivity index (χ1) is 7.33. The van der Waals surface area contributed by atoms with E-state index in [9.17, 15) is 13.2 Å². The lowest BCUT2D eigenvalue weighted by atomic mass is 10.2. The van der Waals surface area contributed by atoms with Gasteiger partial charge in [-0.3, -0.25) is 8.98 Å². The minimum Gasteiger partial charge on any atom is -0.367 e. The number of nitrogens with two attached hydrogens (primary N) is 1. The minimum atomic E-state index is -3.92. The van der Waals surface area contributed by atoms with Gasteiger partial charge in [0.05, 0.1) is 4.90 Å². The monoisotopic (exact) mass is 243 g/mol. The molecule has 1 rings (SSSR count). The summed E-state index contributed by atoms with van der Waals surface area (Å²) in [6.07, 6.45) is -1.17. The first kappa shape index (κ1) is 12.7. The maximum Gasteiger partial charge on any atom is 0.297 e. The maximum absolute atomic E-state index is 11.6. The van der Waals surface area contributed by atoms with Crippen LogP contribution in [0.5, 0.6) is 0 Å². The predicted octanol–water partition coefficient (Wildman–Crippen LogP) is 0.574. The first-order valence-electron chi connectivity index (χ1n) is 4.62. The van der Waals surface area contributed by atoms with E-state index in [-0.39, 0.29) is 4.90 Å². The normalized spacial score (nSPS) is 13.4. The highest BCUT2D eigenvalue weighted by atomic mass is 32.2. The molecule has 88 valence electrons. The Bertz CT molecular complexity index is 478. The third-order valence-electron chi connectivity index (χ3n) is 1.98. The second kappa shape index (κ2) is 4.63. The number of carbonyl (C=O) groups excluding carboxylic acids is 1. The molecule has 0 radical (unpaired) electrons. The number of hydrogen-bond acceptors (Lipinski definition) is 4. The van der Waals surface area contributed by atoms with Crippen molar-refractivity contribution in [2.24, 2.45) is 5.73 Å². The van der Waals surface area contributed by atoms with Crippen LogP contribution in [0.25, 0.3) is 0 Å². The Morgan fingerprint density at radius 3 is 2.25 bits per heavy atom. The molecule has 0 saturated carbocycles. The molecule has 0 spiro atoms. The van der Waals surface area contributed by atoms with Gasteiger partial charge in [0, 0.05) is 0 Å². The van der Waals surface area contributed by atoms with Crippen LogP contribution < -0.4 is 5.73 Å². The number of aryl methyl sites for hydroxylation is 1. The smallest absolute Gasteiger partial charge is 0.297 e. The molecule has 0 aromatic heterocycles. The number of hydrogen-bond donors (Lipinski definition) is 1. The fraction of sp³-hybridized carbons (Fsp3) is 0.300. The molecule has 16 heavy (non-hydrogen) atoms. The van der Waals surface area contributed by atoms with Gasteiger partial charge in [0.15, 0.2) is 6.10 Å². The third-order valence-corrected chi connectivity index (χ3v) is 3.37. The fourth-order valence-corrected chi connectivity index (χ4v) is 2.05. The van der Waals surface area contributed by atoms with E-state index < -0.39 is 22.1 Å². The number of amides is 1. The van der Waals surface area contributed by atoms with Crippen LogP contribution in [-0.2, 0) is 19.1 Å². The molecule has 5 nitrogen and oxygen atoms in total. The van der Waals surface area contributed by atoms with Gasteiger partial charge in [0.25, 0.3) is 10.1 Å². The van der Waals surface area contributed by atoms with Crippen molar-refractivity contribution in [1.82, 2.24) is 0 Å². The molecule has 0 bridgehead atoms. The quantitative estimate of drug-likeness (QED) is 0.783. The molecular weight excluding hydrogens is 230 g/mol. The molecule has 1 unspecified atom stereocenters. The molecule has 0 aliphatic heterocycles. The summed E-state index contributed by atoms with van der Waals surface area (Å²) in [5.74, 6) is -0.823. The molecular formula is C10H13NO4S. The van der Waals surface area contributed by atoms with Crippen molar-refractivity contribution >= 4 is 16.0 Å². The molecule has 0 saturated heterocycles. The highest BCUT2D eigenvalue weighted by Gasteiger charge is 2.21. The van der Waals surface area contributed by atoms with Crippen molar-refractivity contribution in [3.05, 3.63) is 29.8 Å². The molecule has 1 aromatic rings. The molecule has 0 aliphatic carbocycles. The average Bonchev–Trinajstić information content (AvgIpc) is 2.17. The number of rotatable bonds is 4. The van der Waals surface area contributed by atoms with Gasteiger partial charge in [-0.1, -0.05) is 17.7 Å². The Morgan fingerprint density at radius 2 is 1.81 bits per heavy atom. The second-order valence-corrected chi connectivity index (χ2v) is 4.98. The van der Waals surface area contributed by atoms with Crippen LogP contribution in [-0.4, -0.2) is 20.4 Å². The van der Waals surface area contributed by atoms with E-state index >= 15 is 0 Å². The summed E-state index contributed by atoms with van der Waals surface area (Å²) < 4.78 is 27.9. The van der Waals surface area contributed by atoms with Gasteiger partial charge < -0.3 is 5.73 Å². The van der Waals surface area contributed by atoms with E-state index in [0.29, 0.717) is 0 Å². The van der Waals surface area contributed by atoms with Crippen LogP contribution in [0.15, 0.2) is 29.2 Å². The van der Waals surface area contributed by atoms with Gasteiger partial charge in [-0.25, -0.2) is 0 Å². The summed E-state index contributed by atoms with van der Waals surface area (Å²) in [7, 11) is -3.92. The lowest BCUT2D eigenvalue weighted by Gasteiger charge is -2.09. The van der Waals surface area contributed by atoms with Gasteiger partial charge in [-0.15, -0.1) is 0 Å². The zero-order valence-electron chi connectivity index (χ0n) is 9.01. The van der Waals surface area contributed by atoms with Crippen molar-refractivity contribution < 1.29 is 17.4 Å². The maximum atomic E-state index is 11.6. The topological polar surface area (TPSA) is 86.5 Å². The Labute approximate surface area is 94.3 Å². The largest absolute Gasteiger partial charge is 0.367 e. The van der Waals surface area contributed by atoms with Crippen molar-refractivity contribution in [3.8, 4) is 0 Å². The second-order valence-electron chi connectivity index (χ2n) is 3.41. The van der Waals surface area contributed by atoms with Gasteiger partial charge in [0.1, 0.15) is 0 Å². The SMILES string of the molecule is Cc1ccc(S(=O)(=O)OC(C)C(N)=O)cc1. The Hall–Kier alpha value is -1.40. The fourth-order valence-electron chi connectivity index (χ4n) is 0.998. The number of benzene rings is 1. The molecule has 0 heterocycles. The van der Waals surface area contributed by atoms with E-state index in [1.807, 2.05) is 6.92 Å². The van der Waals surface area contributed by atoms with E-state index in [2.05, 4.69) is 4.18 Å². The van der Waals surface area contributed by atoms with Crippen molar-refractivity contribution in [2.45, 2.75) is 24.8 Å². The molecule has 1 amide bonds. The summed E-state index contributed by atoms with van der Waals surface area (Å²) in [5.41, 5.74) is 5.85. The van der Waals surface area contributed by atoms with E-state index in [4.69, 9.17) is 5.73 Å². The van der Waals surface area contributed by atoms with Crippen molar-refractivity contribution in [2.75, 3.05) is 0 Å². The summed E-state index contributed by atoms with van der Waals surface area (Å²) >= 11 is 0. The lowest BCUT2D eigenvalue weighted by molar-refractivity contribution is -0.123. The molecule has 1 atom stereocenters. The minimum absolute atomic E-state index is 0.00574. The Balaban J connectivity index is 2.94. The predicted molar refractivity (Wildman–Crippen MR) is 58.1 cm³/mol. The standard InChI is InChI=1S/C10H13NO4S/c1-7-3-5-9(6-4-7)16(13,14)15-8(2)10(11)12/h3-6,8H,1-2H3,(H2,11,12). The Kier molecular flexibility index (Phi) is 3.66. The van der Waals surface area contributed by atoms with Crippen molar-refractivity contribution in [3.63, 3.8) is 0 Å². The van der Waals surface area contributed by atoms with E-state index in [0.717, 1.165) is 5.56 Å². The molecule has 0 aliphatic rings. The van der Waals surface area contributed by atoms with Crippen LogP contribution >= 0.6 is 0 Å². The van der Waals surface area contributed by atoms with Crippen LogP contribution in [0.4, 0.5) is 0 Å². The summed E-state index contributed by atoms with van der Waals surface area (Å²) in [5, 5.41) is 0. The Morgan fingerprint density at radius 1 is 1.31 bits per heavy atom.